The predicted molar refractivity (Wildman–Crippen MR) is 113 cm³/mol. The molecule has 1 amide bonds. The largest absolute Gasteiger partial charge is 0.456 e. The third-order valence-electron chi connectivity index (χ3n) is 4.94. The maximum Gasteiger partial charge on any atom is 0.408 e. The highest BCUT2D eigenvalue weighted by Crippen LogP contribution is 2.16. The number of rotatable bonds is 9. The molecule has 1 heterocycles. The minimum Gasteiger partial charge on any atom is -0.456 e. The molecule has 162 valence electrons. The van der Waals surface area contributed by atoms with Crippen LogP contribution in [0.25, 0.3) is 0 Å². The number of hydrogen-bond acceptors (Lipinski definition) is 5. The highest BCUT2D eigenvalue weighted by atomic mass is 16.6. The van der Waals surface area contributed by atoms with Crippen molar-refractivity contribution in [2.45, 2.75) is 53.8 Å². The maximum absolute atomic E-state index is 12.5. The lowest BCUT2D eigenvalue weighted by atomic mass is 10.1. The second-order valence-electron chi connectivity index (χ2n) is 7.49. The van der Waals surface area contributed by atoms with Gasteiger partial charge in [-0.05, 0) is 38.3 Å². The van der Waals surface area contributed by atoms with Gasteiger partial charge in [-0.25, -0.2) is 9.59 Å². The lowest BCUT2D eigenvalue weighted by Gasteiger charge is -2.20. The molecular formula is C23H30N2O5. The van der Waals surface area contributed by atoms with E-state index < -0.39 is 18.1 Å². The Labute approximate surface area is 177 Å². The van der Waals surface area contributed by atoms with E-state index >= 15 is 0 Å². The number of benzene rings is 1. The second kappa shape index (κ2) is 10.6. The number of esters is 1. The van der Waals surface area contributed by atoms with Crippen LogP contribution in [0.4, 0.5) is 4.79 Å². The lowest BCUT2D eigenvalue weighted by Crippen LogP contribution is -2.45. The van der Waals surface area contributed by atoms with E-state index in [0.717, 1.165) is 23.5 Å². The van der Waals surface area contributed by atoms with E-state index in [1.54, 1.807) is 19.9 Å². The summed E-state index contributed by atoms with van der Waals surface area (Å²) in [5, 5.41) is 2.53. The van der Waals surface area contributed by atoms with E-state index in [1.807, 2.05) is 55.7 Å². The van der Waals surface area contributed by atoms with Crippen molar-refractivity contribution in [2.24, 2.45) is 5.92 Å². The molecule has 0 bridgehead atoms. The van der Waals surface area contributed by atoms with Gasteiger partial charge in [0.2, 0.25) is 5.78 Å². The number of carbonyl (C=O) groups is 3. The number of ketones is 1. The van der Waals surface area contributed by atoms with Gasteiger partial charge in [0.15, 0.2) is 6.61 Å². The Bertz CT molecular complexity index is 886. The Morgan fingerprint density at radius 3 is 2.30 bits per heavy atom. The average Bonchev–Trinajstić information content (AvgIpc) is 3.02. The molecule has 1 N–H and O–H groups in total. The van der Waals surface area contributed by atoms with Crippen LogP contribution in [0, 0.1) is 19.8 Å². The van der Waals surface area contributed by atoms with Gasteiger partial charge in [-0.1, -0.05) is 44.2 Å². The second-order valence-corrected chi connectivity index (χ2v) is 7.49. The Hall–Kier alpha value is -3.09. The first kappa shape index (κ1) is 23.2. The molecule has 0 fully saturated rings. The SMILES string of the molecule is CCn1c(C)cc(C(=O)COC(=O)[C@@H](NC(=O)OCc2ccccc2)C(C)C)c1C. The van der Waals surface area contributed by atoms with Crippen molar-refractivity contribution >= 4 is 17.8 Å². The molecule has 1 atom stereocenters. The van der Waals surface area contributed by atoms with Crippen LogP contribution in [0.5, 0.6) is 0 Å². The normalized spacial score (nSPS) is 11.8. The highest BCUT2D eigenvalue weighted by molar-refractivity contribution is 5.99. The van der Waals surface area contributed by atoms with Gasteiger partial charge in [-0.3, -0.25) is 4.79 Å². The number of amides is 1. The summed E-state index contributed by atoms with van der Waals surface area (Å²) in [7, 11) is 0. The molecule has 2 rings (SSSR count). The molecule has 0 saturated heterocycles. The fraction of sp³-hybridized carbons (Fsp3) is 0.435. The third-order valence-corrected chi connectivity index (χ3v) is 4.94. The van der Waals surface area contributed by atoms with Crippen molar-refractivity contribution in [3.05, 3.63) is 58.9 Å². The molecule has 0 aliphatic heterocycles. The number of nitrogens with one attached hydrogen (secondary N) is 1. The van der Waals surface area contributed by atoms with Crippen molar-refractivity contribution in [1.82, 2.24) is 9.88 Å². The van der Waals surface area contributed by atoms with Crippen molar-refractivity contribution in [1.29, 1.82) is 0 Å². The smallest absolute Gasteiger partial charge is 0.408 e. The summed E-state index contributed by atoms with van der Waals surface area (Å²) in [6.45, 7) is 9.83. The van der Waals surface area contributed by atoms with Crippen LogP contribution in [0.1, 0.15) is 48.1 Å². The molecule has 7 nitrogen and oxygen atoms in total. The Morgan fingerprint density at radius 1 is 1.07 bits per heavy atom. The molecule has 1 aromatic heterocycles. The molecule has 0 aliphatic carbocycles. The van der Waals surface area contributed by atoms with Gasteiger partial charge in [0.1, 0.15) is 12.6 Å². The molecule has 0 radical (unpaired) electrons. The monoisotopic (exact) mass is 414 g/mol. The predicted octanol–water partition coefficient (Wildman–Crippen LogP) is 3.80. The molecule has 30 heavy (non-hydrogen) atoms. The van der Waals surface area contributed by atoms with E-state index in [0.29, 0.717) is 5.56 Å². The molecule has 2 aromatic rings. The Balaban J connectivity index is 1.92. The number of alkyl carbamates (subject to hydrolysis) is 1. The number of Topliss-reactive ketones (excluding diaryl/α,β-unsaturated/α-hetero) is 1. The Kier molecular flexibility index (Phi) is 8.21. The molecular weight excluding hydrogens is 384 g/mol. The molecule has 1 aromatic carbocycles. The minimum absolute atomic E-state index is 0.0953. The first-order valence-electron chi connectivity index (χ1n) is 10.1. The topological polar surface area (TPSA) is 86.6 Å². The van der Waals surface area contributed by atoms with Crippen molar-refractivity contribution < 1.29 is 23.9 Å². The molecule has 0 spiro atoms. The van der Waals surface area contributed by atoms with Crippen molar-refractivity contribution in [3.63, 3.8) is 0 Å². The zero-order valence-corrected chi connectivity index (χ0v) is 18.2. The summed E-state index contributed by atoms with van der Waals surface area (Å²) < 4.78 is 12.4. The van der Waals surface area contributed by atoms with E-state index in [2.05, 4.69) is 5.32 Å². The highest BCUT2D eigenvalue weighted by Gasteiger charge is 2.27. The van der Waals surface area contributed by atoms with Gasteiger partial charge in [-0.2, -0.15) is 0 Å². The first-order chi connectivity index (χ1) is 14.2. The van der Waals surface area contributed by atoms with Crippen LogP contribution < -0.4 is 5.32 Å². The fourth-order valence-electron chi connectivity index (χ4n) is 3.26. The molecule has 0 saturated carbocycles. The van der Waals surface area contributed by atoms with Crippen LogP contribution in [0.15, 0.2) is 36.4 Å². The summed E-state index contributed by atoms with van der Waals surface area (Å²) in [5.41, 5.74) is 3.21. The summed E-state index contributed by atoms with van der Waals surface area (Å²) in [5.74, 6) is -1.17. The lowest BCUT2D eigenvalue weighted by molar-refractivity contribution is -0.146. The molecule has 0 aliphatic rings. The number of hydrogen-bond donors (Lipinski definition) is 1. The van der Waals surface area contributed by atoms with Crippen LogP contribution in [-0.4, -0.2) is 35.1 Å². The van der Waals surface area contributed by atoms with Crippen LogP contribution >= 0.6 is 0 Å². The van der Waals surface area contributed by atoms with Crippen LogP contribution in [-0.2, 0) is 27.4 Å². The molecule has 0 unspecified atom stereocenters. The fourth-order valence-corrected chi connectivity index (χ4v) is 3.26. The van der Waals surface area contributed by atoms with Gasteiger partial charge >= 0.3 is 12.1 Å². The standard InChI is InChI=1S/C23H30N2O5/c1-6-25-16(4)12-19(17(25)5)20(26)14-29-22(27)21(15(2)3)24-23(28)30-13-18-10-8-7-9-11-18/h7-12,15,21H,6,13-14H2,1-5H3,(H,24,28)/t21-/m0/s1. The number of aromatic nitrogens is 1. The number of nitrogens with zero attached hydrogens (tertiary/aromatic N) is 1. The van der Waals surface area contributed by atoms with Crippen LogP contribution in [0.2, 0.25) is 0 Å². The zero-order chi connectivity index (χ0) is 22.3. The Morgan fingerprint density at radius 2 is 1.73 bits per heavy atom. The summed E-state index contributed by atoms with van der Waals surface area (Å²) in [4.78, 5) is 37.1. The van der Waals surface area contributed by atoms with Gasteiger partial charge in [0.05, 0.1) is 0 Å². The minimum atomic E-state index is -0.913. The molecule has 7 heteroatoms. The van der Waals surface area contributed by atoms with Crippen molar-refractivity contribution in [2.75, 3.05) is 6.61 Å². The number of carbonyl (C=O) groups excluding carboxylic acids is 3. The van der Waals surface area contributed by atoms with E-state index in [9.17, 15) is 14.4 Å². The summed E-state index contributed by atoms with van der Waals surface area (Å²) >= 11 is 0. The first-order valence-corrected chi connectivity index (χ1v) is 10.1. The van der Waals surface area contributed by atoms with Gasteiger partial charge in [0.25, 0.3) is 0 Å². The quantitative estimate of drug-likeness (QED) is 0.498. The summed E-state index contributed by atoms with van der Waals surface area (Å²) in [6.07, 6.45) is -0.715. The van der Waals surface area contributed by atoms with Crippen LogP contribution in [0.3, 0.4) is 0 Å². The van der Waals surface area contributed by atoms with Gasteiger partial charge in [0, 0.05) is 23.5 Å². The van der Waals surface area contributed by atoms with Gasteiger partial charge < -0.3 is 19.4 Å². The average molecular weight is 415 g/mol. The zero-order valence-electron chi connectivity index (χ0n) is 18.2. The van der Waals surface area contributed by atoms with Gasteiger partial charge in [-0.15, -0.1) is 0 Å². The van der Waals surface area contributed by atoms with E-state index in [1.165, 1.54) is 0 Å². The van der Waals surface area contributed by atoms with E-state index in [-0.39, 0.29) is 24.9 Å². The number of aryl methyl sites for hydroxylation is 1. The maximum atomic E-state index is 12.5. The van der Waals surface area contributed by atoms with Crippen molar-refractivity contribution in [3.8, 4) is 0 Å². The summed E-state index contributed by atoms with van der Waals surface area (Å²) in [6, 6.07) is 10.1. The third kappa shape index (κ3) is 5.95. The van der Waals surface area contributed by atoms with E-state index in [4.69, 9.17) is 9.47 Å². The number of ether oxygens (including phenoxy) is 2.